The number of rotatable bonds is 2. The van der Waals surface area contributed by atoms with Crippen LogP contribution >= 0.6 is 11.6 Å². The molecule has 0 radical (unpaired) electrons. The molecule has 0 bridgehead atoms. The van der Waals surface area contributed by atoms with Gasteiger partial charge in [0.05, 0.1) is 6.04 Å². The fourth-order valence-electron chi connectivity index (χ4n) is 5.43. The third-order valence-electron chi connectivity index (χ3n) is 7.05. The van der Waals surface area contributed by atoms with Crippen LogP contribution in [0.25, 0.3) is 0 Å². The summed E-state index contributed by atoms with van der Waals surface area (Å²) in [6.07, 6.45) is 0.249. The Hall–Kier alpha value is -2.90. The van der Waals surface area contributed by atoms with Crippen molar-refractivity contribution in [1.29, 1.82) is 0 Å². The molecule has 3 aliphatic heterocycles. The molecule has 3 aliphatic rings. The molecule has 166 valence electrons. The molecule has 0 N–H and O–H groups in total. The summed E-state index contributed by atoms with van der Waals surface area (Å²) in [4.78, 5) is 46.4. The van der Waals surface area contributed by atoms with Crippen LogP contribution in [0, 0.1) is 5.41 Å². The Bertz CT molecular complexity index is 1080. The molecule has 0 saturated carbocycles. The van der Waals surface area contributed by atoms with E-state index in [0.29, 0.717) is 18.1 Å². The number of urea groups is 1. The fourth-order valence-corrected chi connectivity index (χ4v) is 5.60. The van der Waals surface area contributed by atoms with Gasteiger partial charge in [-0.25, -0.2) is 4.79 Å². The summed E-state index contributed by atoms with van der Waals surface area (Å²) in [7, 11) is 2.92. The molecule has 3 heterocycles. The van der Waals surface area contributed by atoms with Crippen molar-refractivity contribution in [2.24, 2.45) is 5.41 Å². The molecule has 0 aromatic heterocycles. The monoisotopic (exact) mass is 452 g/mol. The lowest BCUT2D eigenvalue weighted by atomic mass is 9.67. The number of hydrogen-bond donors (Lipinski definition) is 0. The maximum atomic E-state index is 13.7. The number of anilines is 1. The van der Waals surface area contributed by atoms with Crippen LogP contribution in [0.3, 0.4) is 0 Å². The first-order chi connectivity index (χ1) is 15.3. The number of halogens is 1. The number of imide groups is 2. The van der Waals surface area contributed by atoms with Crippen LogP contribution < -0.4 is 4.90 Å². The van der Waals surface area contributed by atoms with Gasteiger partial charge >= 0.3 is 6.03 Å². The van der Waals surface area contributed by atoms with E-state index in [4.69, 9.17) is 11.6 Å². The summed E-state index contributed by atoms with van der Waals surface area (Å²) in [5, 5.41) is 0.621. The van der Waals surface area contributed by atoms with E-state index in [1.165, 1.54) is 19.7 Å². The molecule has 5 rings (SSSR count). The maximum absolute atomic E-state index is 13.7. The zero-order valence-electron chi connectivity index (χ0n) is 18.1. The van der Waals surface area contributed by atoms with Crippen molar-refractivity contribution in [3.63, 3.8) is 0 Å². The molecule has 4 amide bonds. The Kier molecular flexibility index (Phi) is 4.98. The van der Waals surface area contributed by atoms with Crippen LogP contribution in [0.5, 0.6) is 0 Å². The van der Waals surface area contributed by atoms with Crippen LogP contribution in [0.1, 0.15) is 11.1 Å². The SMILES string of the molecule is CN1C(=O)N(C)C(=O)C2(Cc3ccc(Cl)cc3N3CCN(Cc4ccccc4)C[C@H]32)C1=O. The highest BCUT2D eigenvalue weighted by Gasteiger charge is 2.63. The molecule has 0 aliphatic carbocycles. The van der Waals surface area contributed by atoms with Gasteiger partial charge in [0.2, 0.25) is 11.8 Å². The van der Waals surface area contributed by atoms with Crippen LogP contribution in [0.2, 0.25) is 5.02 Å². The maximum Gasteiger partial charge on any atom is 0.332 e. The number of fused-ring (bicyclic) bond motifs is 4. The molecule has 2 aromatic carbocycles. The van der Waals surface area contributed by atoms with Crippen molar-refractivity contribution in [2.75, 3.05) is 38.6 Å². The summed E-state index contributed by atoms with van der Waals surface area (Å²) < 4.78 is 0. The van der Waals surface area contributed by atoms with Crippen molar-refractivity contribution in [2.45, 2.75) is 19.0 Å². The van der Waals surface area contributed by atoms with Gasteiger partial charge in [0.25, 0.3) is 0 Å². The molecule has 2 fully saturated rings. The lowest BCUT2D eigenvalue weighted by Crippen LogP contribution is -2.74. The van der Waals surface area contributed by atoms with Crippen LogP contribution in [0.15, 0.2) is 48.5 Å². The Morgan fingerprint density at radius 2 is 1.66 bits per heavy atom. The van der Waals surface area contributed by atoms with Gasteiger partial charge in [-0.1, -0.05) is 48.0 Å². The average Bonchev–Trinajstić information content (AvgIpc) is 2.81. The van der Waals surface area contributed by atoms with Crippen LogP contribution in [0.4, 0.5) is 10.5 Å². The highest BCUT2D eigenvalue weighted by molar-refractivity contribution is 6.31. The smallest absolute Gasteiger partial charge is 0.332 e. The minimum atomic E-state index is -1.35. The van der Waals surface area contributed by atoms with Crippen molar-refractivity contribution >= 4 is 35.1 Å². The molecule has 32 heavy (non-hydrogen) atoms. The standard InChI is InChI=1S/C24H25ClN4O3/c1-26-21(30)24(22(31)27(2)23(26)32)13-17-8-9-18(25)12-19(17)29-11-10-28(15-20(24)29)14-16-6-4-3-5-7-16/h3-9,12,20H,10-11,13-15H2,1-2H3/t20-/m0/s1. The number of barbiturate groups is 1. The molecule has 1 atom stereocenters. The average molecular weight is 453 g/mol. The summed E-state index contributed by atoms with van der Waals surface area (Å²) >= 11 is 6.31. The molecule has 2 aromatic rings. The number of carbonyl (C=O) groups is 3. The largest absolute Gasteiger partial charge is 0.364 e. The lowest BCUT2D eigenvalue weighted by molar-refractivity contribution is -0.160. The fraction of sp³-hybridized carbons (Fsp3) is 0.375. The molecule has 1 spiro atoms. The number of amides is 4. The number of nitrogens with zero attached hydrogens (tertiary/aromatic N) is 4. The van der Waals surface area contributed by atoms with Gasteiger partial charge in [-0.2, -0.15) is 0 Å². The Labute approximate surface area is 192 Å². The topological polar surface area (TPSA) is 64.2 Å². The van der Waals surface area contributed by atoms with Gasteiger partial charge < -0.3 is 4.90 Å². The van der Waals surface area contributed by atoms with Gasteiger partial charge in [0, 0.05) is 51.0 Å². The highest BCUT2D eigenvalue weighted by Crippen LogP contribution is 2.47. The zero-order chi connectivity index (χ0) is 22.6. The predicted octanol–water partition coefficient (Wildman–Crippen LogP) is 2.62. The zero-order valence-corrected chi connectivity index (χ0v) is 18.9. The van der Waals surface area contributed by atoms with Crippen molar-refractivity contribution in [3.05, 3.63) is 64.7 Å². The summed E-state index contributed by atoms with van der Waals surface area (Å²) in [6, 6.07) is 14.8. The van der Waals surface area contributed by atoms with Crippen molar-refractivity contribution < 1.29 is 14.4 Å². The number of benzene rings is 2. The first-order valence-corrected chi connectivity index (χ1v) is 11.1. The van der Waals surface area contributed by atoms with E-state index in [1.807, 2.05) is 30.3 Å². The first kappa shape index (κ1) is 21.0. The summed E-state index contributed by atoms with van der Waals surface area (Å²) in [6.45, 7) is 2.72. The number of carbonyl (C=O) groups excluding carboxylic acids is 3. The van der Waals surface area contributed by atoms with E-state index in [2.05, 4.69) is 21.9 Å². The molecule has 8 heteroatoms. The molecular formula is C24H25ClN4O3. The van der Waals surface area contributed by atoms with Crippen LogP contribution in [-0.4, -0.2) is 72.3 Å². The minimum absolute atomic E-state index is 0.249. The second kappa shape index (κ2) is 7.60. The third-order valence-corrected chi connectivity index (χ3v) is 7.29. The highest BCUT2D eigenvalue weighted by atomic mass is 35.5. The van der Waals surface area contributed by atoms with E-state index < -0.39 is 29.3 Å². The third kappa shape index (κ3) is 3.03. The van der Waals surface area contributed by atoms with Gasteiger partial charge in [0.15, 0.2) is 5.41 Å². The Morgan fingerprint density at radius 3 is 2.34 bits per heavy atom. The Morgan fingerprint density at radius 1 is 0.969 bits per heavy atom. The van der Waals surface area contributed by atoms with Crippen molar-refractivity contribution in [1.82, 2.24) is 14.7 Å². The van der Waals surface area contributed by atoms with E-state index in [0.717, 1.165) is 34.1 Å². The molecular weight excluding hydrogens is 428 g/mol. The molecule has 7 nitrogen and oxygen atoms in total. The van der Waals surface area contributed by atoms with Crippen molar-refractivity contribution in [3.8, 4) is 0 Å². The predicted molar refractivity (Wildman–Crippen MR) is 121 cm³/mol. The second-order valence-corrected chi connectivity index (χ2v) is 9.30. The summed E-state index contributed by atoms with van der Waals surface area (Å²) in [5.41, 5.74) is 1.70. The number of hydrogen-bond acceptors (Lipinski definition) is 5. The normalized spacial score (nSPS) is 22.9. The first-order valence-electron chi connectivity index (χ1n) is 10.7. The van der Waals surface area contributed by atoms with Crippen LogP contribution in [-0.2, 0) is 22.6 Å². The van der Waals surface area contributed by atoms with Gasteiger partial charge in [-0.3, -0.25) is 24.3 Å². The van der Waals surface area contributed by atoms with Gasteiger partial charge in [-0.05, 0) is 29.7 Å². The quantitative estimate of drug-likeness (QED) is 0.655. The second-order valence-electron chi connectivity index (χ2n) is 8.86. The van der Waals surface area contributed by atoms with E-state index >= 15 is 0 Å². The lowest BCUT2D eigenvalue weighted by Gasteiger charge is -2.56. The molecule has 2 saturated heterocycles. The van der Waals surface area contributed by atoms with E-state index in [-0.39, 0.29) is 6.42 Å². The summed E-state index contributed by atoms with van der Waals surface area (Å²) in [5.74, 6) is -0.856. The van der Waals surface area contributed by atoms with E-state index in [1.54, 1.807) is 6.07 Å². The van der Waals surface area contributed by atoms with Gasteiger partial charge in [-0.15, -0.1) is 0 Å². The molecule has 0 unspecified atom stereocenters. The Balaban J connectivity index is 1.59. The minimum Gasteiger partial charge on any atom is -0.364 e. The van der Waals surface area contributed by atoms with Gasteiger partial charge in [0.1, 0.15) is 0 Å². The van der Waals surface area contributed by atoms with E-state index in [9.17, 15) is 14.4 Å². The number of piperazine rings is 1.